The van der Waals surface area contributed by atoms with Crippen LogP contribution in [0.3, 0.4) is 0 Å². The van der Waals surface area contributed by atoms with E-state index in [1.54, 1.807) is 6.92 Å². The zero-order valence-corrected chi connectivity index (χ0v) is 21.8. The third-order valence-corrected chi connectivity index (χ3v) is 7.68. The van der Waals surface area contributed by atoms with Crippen molar-refractivity contribution in [1.29, 1.82) is 0 Å². The van der Waals surface area contributed by atoms with Gasteiger partial charge in [-0.3, -0.25) is 4.79 Å². The maximum atomic E-state index is 13.8. The van der Waals surface area contributed by atoms with Crippen LogP contribution in [0.2, 0.25) is 0 Å². The first-order valence-electron chi connectivity index (χ1n) is 13.3. The molecule has 3 aromatic carbocycles. The highest BCUT2D eigenvalue weighted by molar-refractivity contribution is 5.92. The van der Waals surface area contributed by atoms with E-state index >= 15 is 0 Å². The fourth-order valence-electron chi connectivity index (χ4n) is 5.71. The largest absolute Gasteiger partial charge is 0.413 e. The topological polar surface area (TPSA) is 103 Å². The number of H-pyrrole nitrogens is 1. The molecule has 4 N–H and O–H groups in total. The highest BCUT2D eigenvalue weighted by Crippen LogP contribution is 2.40. The monoisotopic (exact) mass is 521 g/mol. The first-order valence-corrected chi connectivity index (χ1v) is 13.3. The van der Waals surface area contributed by atoms with Crippen LogP contribution < -0.4 is 15.4 Å². The lowest BCUT2D eigenvalue weighted by atomic mass is 9.91. The highest BCUT2D eigenvalue weighted by Gasteiger charge is 2.38. The molecular formula is C32H31N3O4. The number of fused-ring (bicyclic) bond motifs is 2. The molecular weight excluding hydrogens is 490 g/mol. The van der Waals surface area contributed by atoms with E-state index in [2.05, 4.69) is 27.8 Å². The number of aliphatic hydroxyl groups excluding tert-OH is 1. The Morgan fingerprint density at radius 2 is 1.87 bits per heavy atom. The van der Waals surface area contributed by atoms with Crippen molar-refractivity contribution in [3.63, 3.8) is 0 Å². The molecule has 2 aliphatic rings. The van der Waals surface area contributed by atoms with Gasteiger partial charge in [0.15, 0.2) is 0 Å². The fourth-order valence-corrected chi connectivity index (χ4v) is 5.71. The second kappa shape index (κ2) is 10.1. The van der Waals surface area contributed by atoms with Gasteiger partial charge in [0.2, 0.25) is 5.91 Å². The number of aromatic nitrogens is 1. The lowest BCUT2D eigenvalue weighted by Gasteiger charge is -2.31. The second-order valence-electron chi connectivity index (χ2n) is 10.7. The lowest BCUT2D eigenvalue weighted by Crippen LogP contribution is -2.61. The number of carbonyl (C=O) groups excluding carboxylic acids is 2. The van der Waals surface area contributed by atoms with E-state index in [-0.39, 0.29) is 13.0 Å². The maximum Gasteiger partial charge on any atom is 0.413 e. The van der Waals surface area contributed by atoms with Gasteiger partial charge in [0.05, 0.1) is 12.6 Å². The molecule has 0 spiro atoms. The molecule has 3 bridgehead atoms. The van der Waals surface area contributed by atoms with E-state index in [1.165, 1.54) is 5.57 Å². The number of carbonyl (C=O) groups is 2. The Labute approximate surface area is 226 Å². The molecule has 7 nitrogen and oxygen atoms in total. The van der Waals surface area contributed by atoms with Crippen molar-refractivity contribution in [3.8, 4) is 5.75 Å². The molecule has 2 aliphatic carbocycles. The molecule has 2 atom stereocenters. The molecule has 0 saturated carbocycles. The van der Waals surface area contributed by atoms with E-state index in [0.29, 0.717) is 12.2 Å². The van der Waals surface area contributed by atoms with Crippen LogP contribution in [0.1, 0.15) is 34.7 Å². The molecule has 1 heterocycles. The smallest absolute Gasteiger partial charge is 0.410 e. The van der Waals surface area contributed by atoms with E-state index in [0.717, 1.165) is 51.6 Å². The standard InChI is InChI=1S/C32H31N3O4/c1-32(17-24-18-33-28-10-6-5-9-26(24)28,30(37)34-25(19-36)14-20-7-3-2-4-8-20)35-31(38)39-29-16-22-11-21-12-23(13-22)27(29)15-21/h2-10,12-13,16,18,25,33,36H,11,14-15,17,19H2,1H3,(H,34,37)(H,35,38). The predicted octanol–water partition coefficient (Wildman–Crippen LogP) is 4.47. The van der Waals surface area contributed by atoms with Gasteiger partial charge in [-0.2, -0.15) is 0 Å². The third-order valence-electron chi connectivity index (χ3n) is 7.68. The Bertz CT molecular complexity index is 1590. The highest BCUT2D eigenvalue weighted by atomic mass is 16.6. The number of hydrogen-bond acceptors (Lipinski definition) is 4. The molecule has 7 heteroatoms. The molecule has 2 amide bonds. The van der Waals surface area contributed by atoms with Crippen molar-refractivity contribution >= 4 is 29.0 Å². The average molecular weight is 522 g/mol. The normalized spacial score (nSPS) is 15.5. The Hall–Kier alpha value is -4.36. The summed E-state index contributed by atoms with van der Waals surface area (Å²) in [6, 6.07) is 21.0. The van der Waals surface area contributed by atoms with Gasteiger partial charge in [0.1, 0.15) is 11.3 Å². The van der Waals surface area contributed by atoms with Gasteiger partial charge >= 0.3 is 6.09 Å². The summed E-state index contributed by atoms with van der Waals surface area (Å²) in [7, 11) is 0. The number of aliphatic hydroxyl groups is 1. The summed E-state index contributed by atoms with van der Waals surface area (Å²) < 4.78 is 5.82. The molecule has 39 heavy (non-hydrogen) atoms. The van der Waals surface area contributed by atoms with Gasteiger partial charge in [-0.25, -0.2) is 4.79 Å². The van der Waals surface area contributed by atoms with Crippen molar-refractivity contribution in [3.05, 3.63) is 106 Å². The van der Waals surface area contributed by atoms with Crippen molar-refractivity contribution < 1.29 is 19.4 Å². The second-order valence-corrected chi connectivity index (χ2v) is 10.7. The number of para-hydroxylation sites is 1. The van der Waals surface area contributed by atoms with Gasteiger partial charge in [0, 0.05) is 29.1 Å². The summed E-state index contributed by atoms with van der Waals surface area (Å²) >= 11 is 0. The summed E-state index contributed by atoms with van der Waals surface area (Å²) in [5.41, 5.74) is 6.04. The van der Waals surface area contributed by atoms with E-state index in [9.17, 15) is 14.7 Å². The van der Waals surface area contributed by atoms with Gasteiger partial charge in [0.25, 0.3) is 0 Å². The number of rotatable bonds is 9. The Morgan fingerprint density at radius 3 is 2.69 bits per heavy atom. The van der Waals surface area contributed by atoms with Crippen molar-refractivity contribution in [1.82, 2.24) is 15.6 Å². The van der Waals surface area contributed by atoms with Crippen LogP contribution in [0.5, 0.6) is 5.75 Å². The summed E-state index contributed by atoms with van der Waals surface area (Å²) in [4.78, 5) is 30.4. The van der Waals surface area contributed by atoms with Crippen LogP contribution in [0.15, 0.2) is 78.5 Å². The van der Waals surface area contributed by atoms with E-state index < -0.39 is 23.6 Å². The number of aromatic amines is 1. The lowest BCUT2D eigenvalue weighted by molar-refractivity contribution is -0.127. The van der Waals surface area contributed by atoms with Crippen LogP contribution in [-0.2, 0) is 30.5 Å². The zero-order chi connectivity index (χ0) is 27.0. The SMILES string of the molecule is CC(Cc1c[nH]c2ccccc12)(NC(=O)Oc1cc2cc3c1CC(=C3)C2)C(=O)NC(CO)Cc1ccccc1. The molecule has 198 valence electrons. The first kappa shape index (κ1) is 24.9. The van der Waals surface area contributed by atoms with Crippen LogP contribution in [0, 0.1) is 0 Å². The number of hydrogen-bond donors (Lipinski definition) is 4. The zero-order valence-electron chi connectivity index (χ0n) is 21.8. The minimum atomic E-state index is -1.35. The van der Waals surface area contributed by atoms with Crippen LogP contribution >= 0.6 is 0 Å². The number of amides is 2. The number of ether oxygens (including phenoxy) is 1. The summed E-state index contributed by atoms with van der Waals surface area (Å²) in [5, 5.41) is 16.9. The summed E-state index contributed by atoms with van der Waals surface area (Å²) in [5.74, 6) is 0.142. The molecule has 0 saturated heterocycles. The number of nitrogens with one attached hydrogen (secondary N) is 3. The van der Waals surface area contributed by atoms with E-state index in [1.807, 2.05) is 66.9 Å². The minimum absolute atomic E-state index is 0.227. The van der Waals surface area contributed by atoms with Crippen LogP contribution in [0.4, 0.5) is 4.79 Å². The van der Waals surface area contributed by atoms with Gasteiger partial charge in [-0.1, -0.05) is 66.2 Å². The van der Waals surface area contributed by atoms with Gasteiger partial charge < -0.3 is 25.5 Å². The average Bonchev–Trinajstić information content (AvgIpc) is 3.43. The van der Waals surface area contributed by atoms with Crippen molar-refractivity contribution in [2.75, 3.05) is 6.61 Å². The first-order chi connectivity index (χ1) is 18.9. The molecule has 0 aliphatic heterocycles. The molecule has 0 radical (unpaired) electrons. The third kappa shape index (κ3) is 5.05. The number of allylic oxidation sites excluding steroid dienone is 1. The molecule has 6 rings (SSSR count). The number of benzene rings is 3. The fraction of sp³-hybridized carbons (Fsp3) is 0.250. The van der Waals surface area contributed by atoms with Crippen molar-refractivity contribution in [2.45, 2.75) is 44.2 Å². The minimum Gasteiger partial charge on any atom is -0.410 e. The maximum absolute atomic E-state index is 13.8. The molecule has 1 aromatic heterocycles. The van der Waals surface area contributed by atoms with Crippen LogP contribution in [-0.4, -0.2) is 40.3 Å². The predicted molar refractivity (Wildman–Crippen MR) is 151 cm³/mol. The van der Waals surface area contributed by atoms with Crippen molar-refractivity contribution in [2.24, 2.45) is 0 Å². The van der Waals surface area contributed by atoms with E-state index in [4.69, 9.17) is 4.74 Å². The summed E-state index contributed by atoms with van der Waals surface area (Å²) in [6.45, 7) is 1.46. The quantitative estimate of drug-likeness (QED) is 0.261. The Balaban J connectivity index is 1.25. The Kier molecular flexibility index (Phi) is 6.45. The van der Waals surface area contributed by atoms with Gasteiger partial charge in [-0.15, -0.1) is 0 Å². The van der Waals surface area contributed by atoms with Crippen LogP contribution in [0.25, 0.3) is 17.0 Å². The molecule has 2 unspecified atom stereocenters. The van der Waals surface area contributed by atoms with Gasteiger partial charge in [-0.05, 0) is 60.6 Å². The molecule has 4 aromatic rings. The summed E-state index contributed by atoms with van der Waals surface area (Å²) in [6.07, 6.45) is 5.67. The Morgan fingerprint density at radius 1 is 1.08 bits per heavy atom. The molecule has 0 fully saturated rings.